The molecule has 1 aromatic carbocycles. The summed E-state index contributed by atoms with van der Waals surface area (Å²) in [5.74, 6) is -0.157. The molecule has 2 aliphatic heterocycles. The maximum Gasteiger partial charge on any atom is 0.414 e. The number of hydrogen-bond acceptors (Lipinski definition) is 3. The van der Waals surface area contributed by atoms with Crippen molar-refractivity contribution in [1.82, 2.24) is 0 Å². The zero-order chi connectivity index (χ0) is 12.8. The molecule has 0 N–H and O–H groups in total. The van der Waals surface area contributed by atoms with E-state index in [2.05, 4.69) is 4.99 Å². The number of aliphatic imine (C=N–C) groups is 1. The van der Waals surface area contributed by atoms with Crippen molar-refractivity contribution >= 4 is 23.9 Å². The molecule has 0 spiro atoms. The van der Waals surface area contributed by atoms with Gasteiger partial charge in [0.2, 0.25) is 0 Å². The Balaban J connectivity index is 0.000000169. The summed E-state index contributed by atoms with van der Waals surface area (Å²) in [4.78, 5) is 26.0. The van der Waals surface area contributed by atoms with Gasteiger partial charge in [0.15, 0.2) is 0 Å². The molecule has 92 valence electrons. The van der Waals surface area contributed by atoms with Crippen molar-refractivity contribution < 1.29 is 14.3 Å². The Labute approximate surface area is 104 Å². The minimum Gasteiger partial charge on any atom is -0.447 e. The van der Waals surface area contributed by atoms with E-state index >= 15 is 0 Å². The first-order valence-corrected chi connectivity index (χ1v) is 5.51. The van der Waals surface area contributed by atoms with Crippen molar-refractivity contribution in [1.29, 1.82) is 0 Å². The summed E-state index contributed by atoms with van der Waals surface area (Å²) in [5, 5.41) is 0. The van der Waals surface area contributed by atoms with Crippen LogP contribution in [-0.2, 0) is 9.53 Å². The number of cyclic esters (lactones) is 1. The van der Waals surface area contributed by atoms with Gasteiger partial charge in [0.1, 0.15) is 6.61 Å². The lowest BCUT2D eigenvalue weighted by atomic mass is 10.3. The Bertz CT molecular complexity index is 480. The molecule has 18 heavy (non-hydrogen) atoms. The first kappa shape index (κ1) is 12.0. The number of amides is 2. The highest BCUT2D eigenvalue weighted by Crippen LogP contribution is 2.16. The molecule has 2 amide bonds. The standard InChI is InChI=1S/C9H9NO2.C4H3NO/c11-9-10(6-7-12-9)8-4-2-1-3-5-8;6-4-2-1-3-5-4/h1-5H,6-7H2;1-3H. The van der Waals surface area contributed by atoms with Gasteiger partial charge < -0.3 is 4.74 Å². The highest BCUT2D eigenvalue weighted by Gasteiger charge is 2.22. The fraction of sp³-hybridized carbons (Fsp3) is 0.154. The number of carbonyl (C=O) groups is 2. The van der Waals surface area contributed by atoms with Crippen molar-refractivity contribution in [3.8, 4) is 0 Å². The van der Waals surface area contributed by atoms with Gasteiger partial charge in [0.25, 0.3) is 5.91 Å². The van der Waals surface area contributed by atoms with E-state index < -0.39 is 0 Å². The lowest BCUT2D eigenvalue weighted by molar-refractivity contribution is -0.113. The lowest BCUT2D eigenvalue weighted by Gasteiger charge is -2.11. The molecule has 0 saturated carbocycles. The van der Waals surface area contributed by atoms with Crippen LogP contribution in [-0.4, -0.2) is 31.4 Å². The fourth-order valence-electron chi connectivity index (χ4n) is 1.52. The summed E-state index contributed by atoms with van der Waals surface area (Å²) in [6.45, 7) is 1.15. The Morgan fingerprint density at radius 3 is 2.39 bits per heavy atom. The third-order valence-corrected chi connectivity index (χ3v) is 2.36. The van der Waals surface area contributed by atoms with Gasteiger partial charge in [0.05, 0.1) is 6.54 Å². The molecule has 2 heterocycles. The van der Waals surface area contributed by atoms with E-state index in [1.165, 1.54) is 12.3 Å². The Morgan fingerprint density at radius 2 is 1.94 bits per heavy atom. The highest BCUT2D eigenvalue weighted by atomic mass is 16.6. The molecule has 1 fully saturated rings. The average molecular weight is 244 g/mol. The van der Waals surface area contributed by atoms with Crippen molar-refractivity contribution in [2.75, 3.05) is 18.1 Å². The Kier molecular flexibility index (Phi) is 3.86. The summed E-state index contributed by atoms with van der Waals surface area (Å²) >= 11 is 0. The molecule has 1 saturated heterocycles. The van der Waals surface area contributed by atoms with Crippen molar-refractivity contribution in [3.05, 3.63) is 42.5 Å². The summed E-state index contributed by atoms with van der Waals surface area (Å²) in [6.07, 6.45) is 4.26. The molecular weight excluding hydrogens is 232 g/mol. The van der Waals surface area contributed by atoms with Gasteiger partial charge >= 0.3 is 6.09 Å². The van der Waals surface area contributed by atoms with E-state index in [-0.39, 0.29) is 12.0 Å². The van der Waals surface area contributed by atoms with Crippen LogP contribution in [0.15, 0.2) is 47.5 Å². The number of anilines is 1. The van der Waals surface area contributed by atoms with E-state index in [1.807, 2.05) is 30.3 Å². The van der Waals surface area contributed by atoms with Gasteiger partial charge in [-0.3, -0.25) is 9.69 Å². The molecule has 1 aromatic rings. The normalized spacial score (nSPS) is 16.6. The van der Waals surface area contributed by atoms with Crippen LogP contribution in [0.4, 0.5) is 10.5 Å². The van der Waals surface area contributed by atoms with Gasteiger partial charge in [0, 0.05) is 18.0 Å². The molecule has 0 aliphatic carbocycles. The molecule has 0 radical (unpaired) electrons. The first-order valence-electron chi connectivity index (χ1n) is 5.51. The van der Waals surface area contributed by atoms with Crippen LogP contribution < -0.4 is 4.90 Å². The number of rotatable bonds is 1. The van der Waals surface area contributed by atoms with Crippen LogP contribution in [0.2, 0.25) is 0 Å². The maximum atomic E-state index is 11.1. The summed E-state index contributed by atoms with van der Waals surface area (Å²) in [7, 11) is 0. The number of ether oxygens (including phenoxy) is 1. The number of para-hydroxylation sites is 1. The number of nitrogens with zero attached hydrogens (tertiary/aromatic N) is 2. The number of benzene rings is 1. The highest BCUT2D eigenvalue weighted by molar-refractivity contribution is 6.03. The third kappa shape index (κ3) is 3.04. The maximum absolute atomic E-state index is 11.1. The molecule has 2 aliphatic rings. The minimum atomic E-state index is -0.249. The third-order valence-electron chi connectivity index (χ3n) is 2.36. The van der Waals surface area contributed by atoms with E-state index in [4.69, 9.17) is 4.74 Å². The van der Waals surface area contributed by atoms with Crippen LogP contribution in [0.3, 0.4) is 0 Å². The predicted molar refractivity (Wildman–Crippen MR) is 67.8 cm³/mol. The van der Waals surface area contributed by atoms with Crippen molar-refractivity contribution in [2.24, 2.45) is 4.99 Å². The SMILES string of the molecule is O=C1C=CC=N1.O=C1OCCN1c1ccccc1. The molecular formula is C13H12N2O3. The van der Waals surface area contributed by atoms with Gasteiger partial charge in [-0.2, -0.15) is 0 Å². The molecule has 3 rings (SSSR count). The van der Waals surface area contributed by atoms with Crippen molar-refractivity contribution in [2.45, 2.75) is 0 Å². The van der Waals surface area contributed by atoms with Gasteiger partial charge in [-0.25, -0.2) is 9.79 Å². The molecule has 0 atom stereocenters. The number of carbonyl (C=O) groups excluding carboxylic acids is 2. The van der Waals surface area contributed by atoms with E-state index in [0.717, 1.165) is 5.69 Å². The summed E-state index contributed by atoms with van der Waals surface area (Å²) in [6, 6.07) is 9.52. The van der Waals surface area contributed by atoms with Gasteiger partial charge in [-0.1, -0.05) is 18.2 Å². The van der Waals surface area contributed by atoms with Crippen LogP contribution in [0.25, 0.3) is 0 Å². The minimum absolute atomic E-state index is 0.157. The second kappa shape index (κ2) is 5.77. The molecule has 5 nitrogen and oxygen atoms in total. The lowest BCUT2D eigenvalue weighted by Crippen LogP contribution is -2.22. The molecule has 5 heteroatoms. The van der Waals surface area contributed by atoms with Gasteiger partial charge in [-0.05, 0) is 18.2 Å². The summed E-state index contributed by atoms with van der Waals surface area (Å²) < 4.78 is 4.81. The Hall–Kier alpha value is -2.43. The second-order valence-electron chi connectivity index (χ2n) is 3.58. The molecule has 0 unspecified atom stereocenters. The average Bonchev–Trinajstić information content (AvgIpc) is 3.02. The van der Waals surface area contributed by atoms with E-state index in [1.54, 1.807) is 11.0 Å². The Morgan fingerprint density at radius 1 is 1.17 bits per heavy atom. The van der Waals surface area contributed by atoms with Crippen LogP contribution in [0.5, 0.6) is 0 Å². The number of allylic oxidation sites excluding steroid dienone is 1. The molecule has 0 bridgehead atoms. The van der Waals surface area contributed by atoms with Crippen molar-refractivity contribution in [3.63, 3.8) is 0 Å². The van der Waals surface area contributed by atoms with Crippen LogP contribution >= 0.6 is 0 Å². The summed E-state index contributed by atoms with van der Waals surface area (Å²) in [5.41, 5.74) is 0.903. The predicted octanol–water partition coefficient (Wildman–Crippen LogP) is 1.80. The zero-order valence-corrected chi connectivity index (χ0v) is 9.65. The topological polar surface area (TPSA) is 59.0 Å². The fourth-order valence-corrected chi connectivity index (χ4v) is 1.52. The smallest absolute Gasteiger partial charge is 0.414 e. The number of hydrogen-bond donors (Lipinski definition) is 0. The van der Waals surface area contributed by atoms with Crippen LogP contribution in [0.1, 0.15) is 0 Å². The monoisotopic (exact) mass is 244 g/mol. The molecule has 0 aromatic heterocycles. The zero-order valence-electron chi connectivity index (χ0n) is 9.65. The van der Waals surface area contributed by atoms with E-state index in [0.29, 0.717) is 13.2 Å². The van der Waals surface area contributed by atoms with E-state index in [9.17, 15) is 9.59 Å². The second-order valence-corrected chi connectivity index (χ2v) is 3.58. The first-order chi connectivity index (χ1) is 8.77. The van der Waals surface area contributed by atoms with Crippen LogP contribution in [0, 0.1) is 0 Å². The van der Waals surface area contributed by atoms with Gasteiger partial charge in [-0.15, -0.1) is 0 Å². The quantitative estimate of drug-likeness (QED) is 0.756. The largest absolute Gasteiger partial charge is 0.447 e.